The zero-order chi connectivity index (χ0) is 13.5. The van der Waals surface area contributed by atoms with Gasteiger partial charge >= 0.3 is 6.03 Å². The molecule has 0 saturated heterocycles. The number of rotatable bonds is 3. The van der Waals surface area contributed by atoms with E-state index in [9.17, 15) is 14.0 Å². The molecule has 0 aliphatic rings. The second-order valence-electron chi connectivity index (χ2n) is 3.68. The molecule has 18 heavy (non-hydrogen) atoms. The van der Waals surface area contributed by atoms with E-state index < -0.39 is 23.8 Å². The fourth-order valence-corrected chi connectivity index (χ4v) is 1.09. The molecule has 7 heteroatoms. The molecule has 1 atom stereocenters. The normalized spacial score (nSPS) is 11.5. The molecule has 1 aromatic carbocycles. The van der Waals surface area contributed by atoms with E-state index in [1.807, 2.05) is 0 Å². The molecular formula is C11H15FN4O2. The predicted molar refractivity (Wildman–Crippen MR) is 63.6 cm³/mol. The summed E-state index contributed by atoms with van der Waals surface area (Å²) in [5.41, 5.74) is 9.84. The lowest BCUT2D eigenvalue weighted by Crippen LogP contribution is -2.51. The Morgan fingerprint density at radius 2 is 2.00 bits per heavy atom. The number of urea groups is 1. The number of amides is 3. The lowest BCUT2D eigenvalue weighted by molar-refractivity contribution is -0.122. The molecule has 0 saturated carbocycles. The molecule has 0 aromatic heterocycles. The number of nitrogens with two attached hydrogens (primary N) is 1. The van der Waals surface area contributed by atoms with Gasteiger partial charge in [0.1, 0.15) is 5.82 Å². The van der Waals surface area contributed by atoms with E-state index >= 15 is 0 Å². The minimum absolute atomic E-state index is 0.0204. The van der Waals surface area contributed by atoms with Crippen molar-refractivity contribution in [1.82, 2.24) is 16.2 Å². The zero-order valence-corrected chi connectivity index (χ0v) is 9.87. The summed E-state index contributed by atoms with van der Waals surface area (Å²) in [6, 6.07) is 4.70. The van der Waals surface area contributed by atoms with E-state index in [1.54, 1.807) is 18.2 Å². The van der Waals surface area contributed by atoms with Crippen LogP contribution in [0.3, 0.4) is 0 Å². The minimum Gasteiger partial charge on any atom is -0.333 e. The summed E-state index contributed by atoms with van der Waals surface area (Å²) < 4.78 is 13.2. The SMILES string of the molecule is C[C@@H](N)C(=O)NNC(=O)NCc1ccccc1F. The first-order valence-electron chi connectivity index (χ1n) is 5.33. The van der Waals surface area contributed by atoms with Crippen molar-refractivity contribution in [3.8, 4) is 0 Å². The van der Waals surface area contributed by atoms with E-state index in [-0.39, 0.29) is 6.54 Å². The van der Waals surface area contributed by atoms with Crippen LogP contribution in [-0.2, 0) is 11.3 Å². The summed E-state index contributed by atoms with van der Waals surface area (Å²) in [7, 11) is 0. The summed E-state index contributed by atoms with van der Waals surface area (Å²) in [4.78, 5) is 22.3. The van der Waals surface area contributed by atoms with Crippen LogP contribution in [0.25, 0.3) is 0 Å². The van der Waals surface area contributed by atoms with Crippen molar-refractivity contribution < 1.29 is 14.0 Å². The first-order chi connectivity index (χ1) is 8.50. The van der Waals surface area contributed by atoms with Gasteiger partial charge in [0.25, 0.3) is 5.91 Å². The largest absolute Gasteiger partial charge is 0.333 e. The fourth-order valence-electron chi connectivity index (χ4n) is 1.09. The Hall–Kier alpha value is -2.15. The van der Waals surface area contributed by atoms with Gasteiger partial charge in [-0.2, -0.15) is 0 Å². The summed E-state index contributed by atoms with van der Waals surface area (Å²) in [6.45, 7) is 1.50. The van der Waals surface area contributed by atoms with Gasteiger partial charge in [-0.05, 0) is 13.0 Å². The average molecular weight is 254 g/mol. The van der Waals surface area contributed by atoms with Gasteiger partial charge in [-0.15, -0.1) is 0 Å². The Labute approximate surface area is 104 Å². The zero-order valence-electron chi connectivity index (χ0n) is 9.87. The molecule has 0 heterocycles. The van der Waals surface area contributed by atoms with Gasteiger partial charge in [0, 0.05) is 12.1 Å². The quantitative estimate of drug-likeness (QED) is 0.572. The highest BCUT2D eigenvalue weighted by atomic mass is 19.1. The first kappa shape index (κ1) is 13.9. The van der Waals surface area contributed by atoms with Crippen molar-refractivity contribution in [2.45, 2.75) is 19.5 Å². The second-order valence-corrected chi connectivity index (χ2v) is 3.68. The Kier molecular flexibility index (Phi) is 5.06. The Morgan fingerprint density at radius 1 is 1.33 bits per heavy atom. The highest BCUT2D eigenvalue weighted by Crippen LogP contribution is 2.04. The summed E-state index contributed by atoms with van der Waals surface area (Å²) >= 11 is 0. The topological polar surface area (TPSA) is 96.2 Å². The van der Waals surface area contributed by atoms with Crippen molar-refractivity contribution in [2.75, 3.05) is 0 Å². The summed E-state index contributed by atoms with van der Waals surface area (Å²) in [5, 5.41) is 2.39. The molecule has 1 aromatic rings. The monoisotopic (exact) mass is 254 g/mol. The number of halogens is 1. The number of hydrogen-bond donors (Lipinski definition) is 4. The van der Waals surface area contributed by atoms with Gasteiger partial charge in [-0.25, -0.2) is 14.6 Å². The van der Waals surface area contributed by atoms with Crippen molar-refractivity contribution in [1.29, 1.82) is 0 Å². The van der Waals surface area contributed by atoms with Gasteiger partial charge < -0.3 is 11.1 Å². The molecule has 5 N–H and O–H groups in total. The van der Waals surface area contributed by atoms with E-state index in [0.29, 0.717) is 5.56 Å². The molecule has 6 nitrogen and oxygen atoms in total. The molecule has 3 amide bonds. The van der Waals surface area contributed by atoms with E-state index in [4.69, 9.17) is 5.73 Å². The van der Waals surface area contributed by atoms with E-state index in [0.717, 1.165) is 0 Å². The van der Waals surface area contributed by atoms with Crippen LogP contribution in [0.2, 0.25) is 0 Å². The lowest BCUT2D eigenvalue weighted by atomic mass is 10.2. The van der Waals surface area contributed by atoms with Crippen LogP contribution in [0, 0.1) is 5.82 Å². The molecule has 0 spiro atoms. The molecule has 0 fully saturated rings. The molecule has 0 radical (unpaired) electrons. The smallest absolute Gasteiger partial charge is 0.333 e. The molecule has 1 rings (SSSR count). The van der Waals surface area contributed by atoms with Crippen molar-refractivity contribution in [3.05, 3.63) is 35.6 Å². The Morgan fingerprint density at radius 3 is 2.61 bits per heavy atom. The van der Waals surface area contributed by atoms with Crippen molar-refractivity contribution >= 4 is 11.9 Å². The molecule has 0 aliphatic heterocycles. The van der Waals surface area contributed by atoms with Crippen molar-refractivity contribution in [3.63, 3.8) is 0 Å². The van der Waals surface area contributed by atoms with Crippen LogP contribution >= 0.6 is 0 Å². The molecule has 0 aliphatic carbocycles. The van der Waals surface area contributed by atoms with Crippen LogP contribution in [0.1, 0.15) is 12.5 Å². The molecule has 0 bridgehead atoms. The maximum absolute atomic E-state index is 13.2. The third-order valence-corrected chi connectivity index (χ3v) is 2.11. The van der Waals surface area contributed by atoms with E-state index in [1.165, 1.54) is 13.0 Å². The van der Waals surface area contributed by atoms with Crippen LogP contribution in [0.4, 0.5) is 9.18 Å². The first-order valence-corrected chi connectivity index (χ1v) is 5.33. The number of carbonyl (C=O) groups excluding carboxylic acids is 2. The standard InChI is InChI=1S/C11H15FN4O2/c1-7(13)10(17)15-16-11(18)14-6-8-4-2-3-5-9(8)12/h2-5,7H,6,13H2,1H3,(H,15,17)(H2,14,16,18)/t7-/m1/s1. The van der Waals surface area contributed by atoms with E-state index in [2.05, 4.69) is 16.2 Å². The second kappa shape index (κ2) is 6.55. The maximum Gasteiger partial charge on any atom is 0.333 e. The van der Waals surface area contributed by atoms with Gasteiger partial charge in [0.2, 0.25) is 0 Å². The van der Waals surface area contributed by atoms with Gasteiger partial charge in [-0.3, -0.25) is 10.2 Å². The average Bonchev–Trinajstić information content (AvgIpc) is 2.34. The molecule has 0 unspecified atom stereocenters. The van der Waals surface area contributed by atoms with Gasteiger partial charge in [0.05, 0.1) is 6.04 Å². The number of nitrogens with one attached hydrogen (secondary N) is 3. The fraction of sp³-hybridized carbons (Fsp3) is 0.273. The number of hydrazine groups is 1. The summed E-state index contributed by atoms with van der Waals surface area (Å²) in [5.74, 6) is -0.923. The van der Waals surface area contributed by atoms with Crippen LogP contribution in [0.15, 0.2) is 24.3 Å². The molecular weight excluding hydrogens is 239 g/mol. The maximum atomic E-state index is 13.2. The van der Waals surface area contributed by atoms with Gasteiger partial charge in [0.15, 0.2) is 0 Å². The Balaban J connectivity index is 2.34. The van der Waals surface area contributed by atoms with Crippen LogP contribution < -0.4 is 21.9 Å². The number of carbonyl (C=O) groups is 2. The third-order valence-electron chi connectivity index (χ3n) is 2.11. The number of benzene rings is 1. The number of hydrogen-bond acceptors (Lipinski definition) is 3. The predicted octanol–water partition coefficient (Wildman–Crippen LogP) is 0.00330. The molecule has 98 valence electrons. The minimum atomic E-state index is -0.725. The third kappa shape index (κ3) is 4.38. The lowest BCUT2D eigenvalue weighted by Gasteiger charge is -2.10. The Bertz CT molecular complexity index is 437. The highest BCUT2D eigenvalue weighted by Gasteiger charge is 2.08. The summed E-state index contributed by atoms with van der Waals surface area (Å²) in [6.07, 6.45) is 0. The van der Waals surface area contributed by atoms with Crippen molar-refractivity contribution in [2.24, 2.45) is 5.73 Å². The van der Waals surface area contributed by atoms with Gasteiger partial charge in [-0.1, -0.05) is 18.2 Å². The van der Waals surface area contributed by atoms with Crippen LogP contribution in [-0.4, -0.2) is 18.0 Å². The van der Waals surface area contributed by atoms with Crippen LogP contribution in [0.5, 0.6) is 0 Å². The highest BCUT2D eigenvalue weighted by molar-refractivity contribution is 5.84.